The van der Waals surface area contributed by atoms with Crippen LogP contribution in [0.15, 0.2) is 16.7 Å². The first-order valence-electron chi connectivity index (χ1n) is 5.96. The van der Waals surface area contributed by atoms with Gasteiger partial charge in [0.2, 0.25) is 0 Å². The molecule has 0 radical (unpaired) electrons. The summed E-state index contributed by atoms with van der Waals surface area (Å²) in [5, 5.41) is 0. The maximum absolute atomic E-state index is 5.29. The molecule has 0 aromatic carbocycles. The minimum Gasteiger partial charge on any atom is -0.469 e. The third-order valence-corrected chi connectivity index (χ3v) is 3.29. The van der Waals surface area contributed by atoms with Gasteiger partial charge in [-0.05, 0) is 51.1 Å². The van der Waals surface area contributed by atoms with E-state index in [-0.39, 0.29) is 0 Å². The van der Waals surface area contributed by atoms with Crippen molar-refractivity contribution in [3.05, 3.63) is 23.7 Å². The molecule has 92 valence electrons. The second-order valence-electron chi connectivity index (χ2n) is 4.65. The van der Waals surface area contributed by atoms with Crippen molar-refractivity contribution in [1.29, 1.82) is 0 Å². The number of hydrogen-bond acceptors (Lipinski definition) is 3. The van der Waals surface area contributed by atoms with Crippen molar-refractivity contribution in [2.75, 3.05) is 19.3 Å². The zero-order chi connectivity index (χ0) is 12.0. The fourth-order valence-corrected chi connectivity index (χ4v) is 2.19. The van der Waals surface area contributed by atoms with E-state index in [1.54, 1.807) is 6.26 Å². The molecule has 1 atom stereocenters. The van der Waals surface area contributed by atoms with Gasteiger partial charge in [0.15, 0.2) is 0 Å². The molecule has 3 heteroatoms. The number of rotatable bonds is 7. The average molecular weight is 241 g/mol. The first-order valence-corrected chi connectivity index (χ1v) is 6.59. The molecule has 2 nitrogen and oxygen atoms in total. The summed E-state index contributed by atoms with van der Waals surface area (Å²) in [6.45, 7) is 6.44. The van der Waals surface area contributed by atoms with E-state index in [2.05, 4.69) is 37.6 Å². The van der Waals surface area contributed by atoms with E-state index in [4.69, 9.17) is 4.42 Å². The molecule has 0 amide bonds. The van der Waals surface area contributed by atoms with Crippen LogP contribution in [0.25, 0.3) is 0 Å². The molecular formula is C13H23NOS. The maximum atomic E-state index is 5.29. The fraction of sp³-hybridized carbons (Fsp3) is 0.692. The van der Waals surface area contributed by atoms with Crippen LogP contribution in [0.2, 0.25) is 0 Å². The van der Waals surface area contributed by atoms with Gasteiger partial charge in [0.05, 0.1) is 6.26 Å². The van der Waals surface area contributed by atoms with Crippen LogP contribution in [0.1, 0.15) is 31.1 Å². The zero-order valence-electron chi connectivity index (χ0n) is 10.6. The molecule has 1 unspecified atom stereocenters. The van der Waals surface area contributed by atoms with Gasteiger partial charge in [-0.25, -0.2) is 0 Å². The van der Waals surface area contributed by atoms with E-state index in [1.807, 2.05) is 6.92 Å². The Hall–Kier alpha value is -0.410. The topological polar surface area (TPSA) is 16.4 Å². The van der Waals surface area contributed by atoms with Crippen LogP contribution in [0.4, 0.5) is 0 Å². The number of furan rings is 1. The normalized spacial score (nSPS) is 13.3. The monoisotopic (exact) mass is 241 g/mol. The first kappa shape index (κ1) is 13.7. The fourth-order valence-electron chi connectivity index (χ4n) is 1.75. The molecule has 0 aliphatic rings. The van der Waals surface area contributed by atoms with Crippen LogP contribution in [-0.2, 0) is 6.54 Å². The van der Waals surface area contributed by atoms with E-state index in [1.165, 1.54) is 18.4 Å². The van der Waals surface area contributed by atoms with Gasteiger partial charge in [-0.3, -0.25) is 0 Å². The second kappa shape index (κ2) is 7.02. The Morgan fingerprint density at radius 2 is 2.19 bits per heavy atom. The predicted molar refractivity (Wildman–Crippen MR) is 72.0 cm³/mol. The van der Waals surface area contributed by atoms with Gasteiger partial charge in [-0.2, -0.15) is 12.6 Å². The van der Waals surface area contributed by atoms with Crippen molar-refractivity contribution < 1.29 is 4.42 Å². The highest BCUT2D eigenvalue weighted by Crippen LogP contribution is 2.13. The minimum absolute atomic E-state index is 0.769. The van der Waals surface area contributed by atoms with Crippen molar-refractivity contribution in [3.8, 4) is 0 Å². The summed E-state index contributed by atoms with van der Waals surface area (Å²) in [5.74, 6) is 2.80. The third-order valence-electron chi connectivity index (χ3n) is 3.03. The van der Waals surface area contributed by atoms with Crippen molar-refractivity contribution >= 4 is 12.6 Å². The van der Waals surface area contributed by atoms with Gasteiger partial charge in [0, 0.05) is 12.1 Å². The predicted octanol–water partition coefficient (Wildman–Crippen LogP) is 3.37. The molecule has 0 aliphatic carbocycles. The van der Waals surface area contributed by atoms with Crippen LogP contribution in [-0.4, -0.2) is 24.2 Å². The highest BCUT2D eigenvalue weighted by atomic mass is 32.1. The lowest BCUT2D eigenvalue weighted by Gasteiger charge is -2.18. The molecule has 1 aromatic rings. The van der Waals surface area contributed by atoms with Crippen LogP contribution >= 0.6 is 12.6 Å². The molecule has 16 heavy (non-hydrogen) atoms. The molecule has 0 spiro atoms. The van der Waals surface area contributed by atoms with Crippen molar-refractivity contribution in [2.24, 2.45) is 5.92 Å². The molecule has 1 heterocycles. The Morgan fingerprint density at radius 3 is 2.75 bits per heavy atom. The molecule has 0 bridgehead atoms. The number of nitrogens with zero attached hydrogens (tertiary/aromatic N) is 1. The third kappa shape index (κ3) is 4.62. The van der Waals surface area contributed by atoms with Gasteiger partial charge < -0.3 is 9.32 Å². The first-order chi connectivity index (χ1) is 7.63. The Labute approximate surface area is 104 Å². The summed E-state index contributed by atoms with van der Waals surface area (Å²) in [4.78, 5) is 2.35. The van der Waals surface area contributed by atoms with Crippen molar-refractivity contribution in [2.45, 2.75) is 33.2 Å². The molecule has 0 N–H and O–H groups in total. The lowest BCUT2D eigenvalue weighted by Crippen LogP contribution is -2.21. The summed E-state index contributed by atoms with van der Waals surface area (Å²) in [6, 6.07) is 2.06. The molecular weight excluding hydrogens is 218 g/mol. The summed E-state index contributed by atoms with van der Waals surface area (Å²) in [5.41, 5.74) is 1.30. The standard InChI is InChI=1S/C13H23NOS/c1-11(6-9-16)4-7-14(3)10-13-5-8-15-12(13)2/h5,8,11,16H,4,6-7,9-10H2,1-3H3. The van der Waals surface area contributed by atoms with Gasteiger partial charge in [0.25, 0.3) is 0 Å². The molecule has 1 aromatic heterocycles. The second-order valence-corrected chi connectivity index (χ2v) is 5.09. The number of aryl methyl sites for hydroxylation is 1. The Morgan fingerprint density at radius 1 is 1.44 bits per heavy atom. The van der Waals surface area contributed by atoms with E-state index >= 15 is 0 Å². The van der Waals surface area contributed by atoms with E-state index < -0.39 is 0 Å². The van der Waals surface area contributed by atoms with Gasteiger partial charge >= 0.3 is 0 Å². The van der Waals surface area contributed by atoms with E-state index in [9.17, 15) is 0 Å². The van der Waals surface area contributed by atoms with Gasteiger partial charge in [-0.1, -0.05) is 6.92 Å². The van der Waals surface area contributed by atoms with E-state index in [0.717, 1.165) is 30.5 Å². The number of thiol groups is 1. The lowest BCUT2D eigenvalue weighted by atomic mass is 10.1. The van der Waals surface area contributed by atoms with Crippen LogP contribution in [0, 0.1) is 12.8 Å². The molecule has 1 rings (SSSR count). The Balaban J connectivity index is 2.26. The highest BCUT2D eigenvalue weighted by Gasteiger charge is 2.07. The smallest absolute Gasteiger partial charge is 0.105 e. The van der Waals surface area contributed by atoms with Crippen molar-refractivity contribution in [3.63, 3.8) is 0 Å². The quantitative estimate of drug-likeness (QED) is 0.737. The van der Waals surface area contributed by atoms with Gasteiger partial charge in [-0.15, -0.1) is 0 Å². The average Bonchev–Trinajstić information content (AvgIpc) is 2.62. The molecule has 0 aliphatic heterocycles. The molecule has 0 saturated carbocycles. The van der Waals surface area contributed by atoms with Crippen LogP contribution in [0.3, 0.4) is 0 Å². The van der Waals surface area contributed by atoms with Gasteiger partial charge in [0.1, 0.15) is 5.76 Å². The Bertz CT molecular complexity index is 298. The summed E-state index contributed by atoms with van der Waals surface area (Å²) >= 11 is 4.26. The SMILES string of the molecule is Cc1occc1CN(C)CCC(C)CCS. The summed E-state index contributed by atoms with van der Waals surface area (Å²) in [6.07, 6.45) is 4.22. The van der Waals surface area contributed by atoms with Crippen LogP contribution in [0.5, 0.6) is 0 Å². The zero-order valence-corrected chi connectivity index (χ0v) is 11.5. The minimum atomic E-state index is 0.769. The summed E-state index contributed by atoms with van der Waals surface area (Å²) in [7, 11) is 2.17. The molecule has 0 fully saturated rings. The lowest BCUT2D eigenvalue weighted by molar-refractivity contribution is 0.295. The summed E-state index contributed by atoms with van der Waals surface area (Å²) < 4.78 is 5.29. The Kier molecular flexibility index (Phi) is 5.99. The largest absolute Gasteiger partial charge is 0.469 e. The van der Waals surface area contributed by atoms with E-state index in [0.29, 0.717) is 0 Å². The maximum Gasteiger partial charge on any atom is 0.105 e. The number of hydrogen-bond donors (Lipinski definition) is 1. The van der Waals surface area contributed by atoms with Crippen LogP contribution < -0.4 is 0 Å². The molecule has 0 saturated heterocycles. The highest BCUT2D eigenvalue weighted by molar-refractivity contribution is 7.80. The van der Waals surface area contributed by atoms with Crippen molar-refractivity contribution in [1.82, 2.24) is 4.90 Å².